The second-order valence-electron chi connectivity index (χ2n) is 5.56. The Morgan fingerprint density at radius 1 is 1.12 bits per heavy atom. The van der Waals surface area contributed by atoms with Gasteiger partial charge in [0, 0.05) is 5.92 Å². The van der Waals surface area contributed by atoms with Gasteiger partial charge in [-0.2, -0.15) is 0 Å². The molecule has 16 heavy (non-hydrogen) atoms. The van der Waals surface area contributed by atoms with Gasteiger partial charge in [-0.1, -0.05) is 48.6 Å². The van der Waals surface area contributed by atoms with Crippen LogP contribution in [0.1, 0.15) is 36.3 Å². The fourth-order valence-electron chi connectivity index (χ4n) is 3.93. The van der Waals surface area contributed by atoms with E-state index in [0.717, 1.165) is 5.92 Å². The van der Waals surface area contributed by atoms with Crippen LogP contribution >= 0.6 is 0 Å². The van der Waals surface area contributed by atoms with E-state index in [4.69, 9.17) is 0 Å². The number of benzene rings is 1. The first-order valence-electron chi connectivity index (χ1n) is 6.34. The van der Waals surface area contributed by atoms with Crippen LogP contribution in [0, 0.1) is 11.3 Å². The van der Waals surface area contributed by atoms with Gasteiger partial charge in [0.1, 0.15) is 0 Å². The van der Waals surface area contributed by atoms with Crippen molar-refractivity contribution in [3.8, 4) is 0 Å². The number of hydrogen-bond donors (Lipinski definition) is 0. The van der Waals surface area contributed by atoms with E-state index >= 15 is 0 Å². The smallest absolute Gasteiger partial charge is 0.0118 e. The summed E-state index contributed by atoms with van der Waals surface area (Å²) in [4.78, 5) is 0. The van der Waals surface area contributed by atoms with Gasteiger partial charge in [-0.3, -0.25) is 0 Å². The van der Waals surface area contributed by atoms with Crippen LogP contribution < -0.4 is 0 Å². The molecule has 4 rings (SSSR count). The van der Waals surface area contributed by atoms with Crippen molar-refractivity contribution >= 4 is 6.08 Å². The van der Waals surface area contributed by atoms with Gasteiger partial charge in [0.25, 0.3) is 0 Å². The Kier molecular flexibility index (Phi) is 1.59. The maximum Gasteiger partial charge on any atom is 0.0118 e. The first kappa shape index (κ1) is 8.81. The van der Waals surface area contributed by atoms with Crippen LogP contribution in [0.2, 0.25) is 0 Å². The fraction of sp³-hybridized carbons (Fsp3) is 0.375. The molecule has 0 aliphatic heterocycles. The Labute approximate surface area is 96.7 Å². The van der Waals surface area contributed by atoms with E-state index in [1.165, 1.54) is 24.8 Å². The molecule has 1 aromatic carbocycles. The summed E-state index contributed by atoms with van der Waals surface area (Å²) in [5, 5.41) is 0. The van der Waals surface area contributed by atoms with Crippen molar-refractivity contribution in [2.75, 3.05) is 0 Å². The molecule has 1 aromatic rings. The molecule has 0 heteroatoms. The summed E-state index contributed by atoms with van der Waals surface area (Å²) in [6.07, 6.45) is 13.9. The monoisotopic (exact) mass is 208 g/mol. The highest BCUT2D eigenvalue weighted by Crippen LogP contribution is 2.58. The van der Waals surface area contributed by atoms with Gasteiger partial charge in [0.2, 0.25) is 0 Å². The van der Waals surface area contributed by atoms with Crippen LogP contribution in [0.4, 0.5) is 0 Å². The molecule has 0 spiro atoms. The molecule has 0 N–H and O–H groups in total. The molecule has 2 bridgehead atoms. The van der Waals surface area contributed by atoms with E-state index in [1.54, 1.807) is 5.56 Å². The zero-order valence-electron chi connectivity index (χ0n) is 9.39. The molecular formula is C16H16. The Balaban J connectivity index is 1.81. The molecule has 80 valence electrons. The summed E-state index contributed by atoms with van der Waals surface area (Å²) in [6.45, 7) is 0. The number of hydrogen-bond acceptors (Lipinski definition) is 0. The van der Waals surface area contributed by atoms with Crippen LogP contribution in [0.5, 0.6) is 0 Å². The number of fused-ring (bicyclic) bond motifs is 3. The normalized spacial score (nSPS) is 38.2. The molecular weight excluding hydrogens is 192 g/mol. The Bertz CT molecular complexity index is 495. The minimum atomic E-state index is 0.466. The van der Waals surface area contributed by atoms with E-state index in [0.29, 0.717) is 11.3 Å². The van der Waals surface area contributed by atoms with Crippen molar-refractivity contribution in [1.29, 1.82) is 0 Å². The van der Waals surface area contributed by atoms with Gasteiger partial charge in [-0.15, -0.1) is 0 Å². The van der Waals surface area contributed by atoms with Crippen molar-refractivity contribution in [2.45, 2.75) is 25.2 Å². The van der Waals surface area contributed by atoms with Crippen LogP contribution in [0.25, 0.3) is 6.08 Å². The lowest BCUT2D eigenvalue weighted by molar-refractivity contribution is 0.362. The Morgan fingerprint density at radius 3 is 2.81 bits per heavy atom. The summed E-state index contributed by atoms with van der Waals surface area (Å²) in [5.41, 5.74) is 3.45. The second kappa shape index (κ2) is 2.88. The third-order valence-corrected chi connectivity index (χ3v) is 4.74. The molecule has 0 radical (unpaired) electrons. The fourth-order valence-corrected chi connectivity index (χ4v) is 3.93. The van der Waals surface area contributed by atoms with Crippen molar-refractivity contribution in [2.24, 2.45) is 11.3 Å². The molecule has 3 aliphatic carbocycles. The lowest BCUT2D eigenvalue weighted by Gasteiger charge is -2.31. The maximum absolute atomic E-state index is 2.51. The van der Waals surface area contributed by atoms with Crippen molar-refractivity contribution in [3.63, 3.8) is 0 Å². The predicted molar refractivity (Wildman–Crippen MR) is 67.1 cm³/mol. The molecule has 3 unspecified atom stereocenters. The van der Waals surface area contributed by atoms with Gasteiger partial charge < -0.3 is 0 Å². The summed E-state index contributed by atoms with van der Waals surface area (Å²) in [6, 6.07) is 8.88. The zero-order valence-corrected chi connectivity index (χ0v) is 9.39. The predicted octanol–water partition coefficient (Wildman–Crippen LogP) is 4.15. The maximum atomic E-state index is 2.51. The van der Waals surface area contributed by atoms with Crippen molar-refractivity contribution < 1.29 is 0 Å². The standard InChI is InChI=1S/C16H16/c1-2-4-14-13(3-1)5-6-15(14)16-9-7-12(11-16)8-10-16/h1-7,9,12,15H,8,10-11H2. The van der Waals surface area contributed by atoms with Crippen LogP contribution in [-0.2, 0) is 0 Å². The molecule has 0 heterocycles. The first-order chi connectivity index (χ1) is 7.87. The highest BCUT2D eigenvalue weighted by atomic mass is 14.5. The minimum Gasteiger partial charge on any atom is -0.0848 e. The Hall–Kier alpha value is -1.30. The summed E-state index contributed by atoms with van der Waals surface area (Å²) < 4.78 is 0. The van der Waals surface area contributed by atoms with E-state index in [1.807, 2.05) is 0 Å². The quantitative estimate of drug-likeness (QED) is 0.608. The average Bonchev–Trinajstić information content (AvgIpc) is 3.02. The van der Waals surface area contributed by atoms with Gasteiger partial charge >= 0.3 is 0 Å². The SMILES string of the molecule is C1=CC(C23C=CC(CC2)C3)c2ccccc21. The van der Waals surface area contributed by atoms with Crippen LogP contribution in [0.3, 0.4) is 0 Å². The highest BCUT2D eigenvalue weighted by molar-refractivity contribution is 5.63. The van der Waals surface area contributed by atoms with E-state index < -0.39 is 0 Å². The highest BCUT2D eigenvalue weighted by Gasteiger charge is 2.46. The van der Waals surface area contributed by atoms with Gasteiger partial charge in [0.05, 0.1) is 0 Å². The van der Waals surface area contributed by atoms with Gasteiger partial charge in [-0.05, 0) is 41.7 Å². The zero-order chi connectivity index (χ0) is 10.6. The topological polar surface area (TPSA) is 0 Å². The lowest BCUT2D eigenvalue weighted by atomic mass is 9.73. The lowest BCUT2D eigenvalue weighted by Crippen LogP contribution is -2.20. The summed E-state index contributed by atoms with van der Waals surface area (Å²) in [7, 11) is 0. The molecule has 3 aliphatic rings. The van der Waals surface area contributed by atoms with Crippen LogP contribution in [0.15, 0.2) is 42.5 Å². The Morgan fingerprint density at radius 2 is 2.06 bits per heavy atom. The van der Waals surface area contributed by atoms with E-state index in [2.05, 4.69) is 48.6 Å². The van der Waals surface area contributed by atoms with E-state index in [-0.39, 0.29) is 0 Å². The van der Waals surface area contributed by atoms with Crippen molar-refractivity contribution in [3.05, 3.63) is 53.6 Å². The number of allylic oxidation sites excluding steroid dienone is 3. The molecule has 1 fully saturated rings. The third-order valence-electron chi connectivity index (χ3n) is 4.74. The first-order valence-corrected chi connectivity index (χ1v) is 6.34. The third kappa shape index (κ3) is 1.000. The summed E-state index contributed by atoms with van der Waals surface area (Å²) >= 11 is 0. The summed E-state index contributed by atoms with van der Waals surface area (Å²) in [5.74, 6) is 1.52. The molecule has 1 saturated carbocycles. The van der Waals surface area contributed by atoms with Crippen LogP contribution in [-0.4, -0.2) is 0 Å². The average molecular weight is 208 g/mol. The molecule has 0 nitrogen and oxygen atoms in total. The van der Waals surface area contributed by atoms with Gasteiger partial charge in [-0.25, -0.2) is 0 Å². The molecule has 0 amide bonds. The largest absolute Gasteiger partial charge is 0.0848 e. The van der Waals surface area contributed by atoms with E-state index in [9.17, 15) is 0 Å². The van der Waals surface area contributed by atoms with Gasteiger partial charge in [0.15, 0.2) is 0 Å². The molecule has 3 atom stereocenters. The molecule has 0 saturated heterocycles. The minimum absolute atomic E-state index is 0.466. The molecule has 0 aromatic heterocycles. The number of rotatable bonds is 1. The van der Waals surface area contributed by atoms with Crippen molar-refractivity contribution in [1.82, 2.24) is 0 Å². The second-order valence-corrected chi connectivity index (χ2v) is 5.56.